The summed E-state index contributed by atoms with van der Waals surface area (Å²) < 4.78 is 4.95. The van der Waals surface area contributed by atoms with E-state index in [0.717, 1.165) is 0 Å². The van der Waals surface area contributed by atoms with E-state index in [9.17, 15) is 0 Å². The molecule has 0 aliphatic rings. The van der Waals surface area contributed by atoms with Crippen LogP contribution >= 0.6 is 23.0 Å². The van der Waals surface area contributed by atoms with Gasteiger partial charge in [0.2, 0.25) is 0 Å². The summed E-state index contributed by atoms with van der Waals surface area (Å²) in [6, 6.07) is 8.31. The van der Waals surface area contributed by atoms with E-state index < -0.39 is 0 Å². The van der Waals surface area contributed by atoms with E-state index in [1.807, 2.05) is 42.9 Å². The number of hydrogen-bond acceptors (Lipinski definition) is 1. The third-order valence-corrected chi connectivity index (χ3v) is 1.62. The predicted octanol–water partition coefficient (Wildman–Crippen LogP) is 3.89. The molecule has 0 unspecified atom stereocenters. The normalized spacial score (nSPS) is 8.67. The maximum atomic E-state index is 4.95. The summed E-state index contributed by atoms with van der Waals surface area (Å²) in [6.45, 7) is 6.78. The van der Waals surface area contributed by atoms with Crippen molar-refractivity contribution >= 4 is 23.0 Å². The summed E-state index contributed by atoms with van der Waals surface area (Å²) in [7, 11) is 0. The van der Waals surface area contributed by atoms with Crippen LogP contribution in [0.2, 0.25) is 0 Å². The Hall–Kier alpha value is -0.0900. The zero-order valence-corrected chi connectivity index (χ0v) is 9.96. The lowest BCUT2D eigenvalue weighted by atomic mass is 10.1. The third-order valence-electron chi connectivity index (χ3n) is 1.30. The van der Waals surface area contributed by atoms with Gasteiger partial charge >= 0.3 is 0 Å². The fraction of sp³-hybridized carbons (Fsp3) is 0.400. The van der Waals surface area contributed by atoms with E-state index in [4.69, 9.17) is 3.07 Å². The van der Waals surface area contributed by atoms with Crippen molar-refractivity contribution < 1.29 is 3.07 Å². The Bertz CT molecular complexity index is 211. The summed E-state index contributed by atoms with van der Waals surface area (Å²) in [5, 5.41) is 0. The summed E-state index contributed by atoms with van der Waals surface area (Å²) in [6.07, 6.45) is 0. The summed E-state index contributed by atoms with van der Waals surface area (Å²) in [4.78, 5) is 0. The quantitative estimate of drug-likeness (QED) is 0.746. The van der Waals surface area contributed by atoms with E-state index in [0.29, 0.717) is 6.61 Å². The monoisotopic (exact) mass is 278 g/mol. The summed E-state index contributed by atoms with van der Waals surface area (Å²) in [5.41, 5.74) is 2.51. The van der Waals surface area contributed by atoms with Crippen LogP contribution in [0.4, 0.5) is 0 Å². The van der Waals surface area contributed by atoms with Gasteiger partial charge < -0.3 is 3.07 Å². The van der Waals surface area contributed by atoms with Crippen LogP contribution in [0, 0.1) is 6.92 Å². The van der Waals surface area contributed by atoms with Crippen LogP contribution in [0.5, 0.6) is 0 Å². The fourth-order valence-electron chi connectivity index (χ4n) is 0.865. The van der Waals surface area contributed by atoms with Crippen LogP contribution in [0.25, 0.3) is 0 Å². The van der Waals surface area contributed by atoms with E-state index in [1.54, 1.807) is 0 Å². The molecule has 1 aromatic carbocycles. The molecule has 0 saturated heterocycles. The molecule has 0 atom stereocenters. The van der Waals surface area contributed by atoms with Crippen LogP contribution in [0.1, 0.15) is 25.0 Å². The molecule has 12 heavy (non-hydrogen) atoms. The molecule has 0 aliphatic heterocycles. The van der Waals surface area contributed by atoms with E-state index >= 15 is 0 Å². The van der Waals surface area contributed by atoms with Gasteiger partial charge in [0.1, 0.15) is 23.0 Å². The lowest BCUT2D eigenvalue weighted by Gasteiger charge is -1.97. The third kappa shape index (κ3) is 4.72. The standard InChI is InChI=1S/C8H9IO.C2H6/c1-7-3-2-4-8(5-7)6-10-9;1-2/h2-5H,6H2,1H3;1-2H3. The van der Waals surface area contributed by atoms with Gasteiger partial charge in [-0.2, -0.15) is 0 Å². The van der Waals surface area contributed by atoms with Gasteiger partial charge in [-0.1, -0.05) is 43.7 Å². The van der Waals surface area contributed by atoms with Crippen molar-refractivity contribution in [2.75, 3.05) is 0 Å². The Morgan fingerprint density at radius 3 is 2.50 bits per heavy atom. The highest BCUT2D eigenvalue weighted by Gasteiger charge is 1.89. The van der Waals surface area contributed by atoms with Gasteiger partial charge in [0.25, 0.3) is 0 Å². The highest BCUT2D eigenvalue weighted by atomic mass is 127. The molecule has 0 bridgehead atoms. The van der Waals surface area contributed by atoms with Crippen molar-refractivity contribution in [2.45, 2.75) is 27.4 Å². The number of halogens is 1. The van der Waals surface area contributed by atoms with Crippen molar-refractivity contribution in [3.8, 4) is 0 Å². The molecule has 0 spiro atoms. The number of aryl methyl sites for hydroxylation is 1. The zero-order chi connectivity index (χ0) is 9.40. The molecule has 0 saturated carbocycles. The number of benzene rings is 1. The Labute approximate surface area is 88.8 Å². The molecule has 0 N–H and O–H groups in total. The minimum Gasteiger partial charge on any atom is -0.311 e. The smallest absolute Gasteiger partial charge is 0.110 e. The highest BCUT2D eigenvalue weighted by molar-refractivity contribution is 14.1. The molecule has 1 rings (SSSR count). The van der Waals surface area contributed by atoms with Crippen molar-refractivity contribution in [1.29, 1.82) is 0 Å². The van der Waals surface area contributed by atoms with Gasteiger partial charge in [-0.05, 0) is 12.5 Å². The van der Waals surface area contributed by atoms with Crippen LogP contribution in [0.3, 0.4) is 0 Å². The minimum absolute atomic E-state index is 0.697. The molecule has 0 fully saturated rings. The molecule has 68 valence electrons. The Morgan fingerprint density at radius 2 is 2.00 bits per heavy atom. The maximum Gasteiger partial charge on any atom is 0.110 e. The van der Waals surface area contributed by atoms with Gasteiger partial charge in [-0.15, -0.1) is 0 Å². The van der Waals surface area contributed by atoms with E-state index in [2.05, 4.69) is 25.1 Å². The molecular weight excluding hydrogens is 263 g/mol. The van der Waals surface area contributed by atoms with Gasteiger partial charge in [0.15, 0.2) is 0 Å². The average molecular weight is 278 g/mol. The zero-order valence-electron chi connectivity index (χ0n) is 7.80. The first-order valence-electron chi connectivity index (χ1n) is 4.12. The Balaban J connectivity index is 0.000000561. The second kappa shape index (κ2) is 7.55. The van der Waals surface area contributed by atoms with Gasteiger partial charge in [0, 0.05) is 0 Å². The first kappa shape index (κ1) is 11.9. The van der Waals surface area contributed by atoms with Crippen LogP contribution in [-0.4, -0.2) is 0 Å². The van der Waals surface area contributed by atoms with Gasteiger partial charge in [0.05, 0.1) is 6.61 Å². The summed E-state index contributed by atoms with van der Waals surface area (Å²) in [5.74, 6) is 0. The molecule has 0 aromatic heterocycles. The van der Waals surface area contributed by atoms with Crippen molar-refractivity contribution in [2.24, 2.45) is 0 Å². The van der Waals surface area contributed by atoms with Crippen LogP contribution < -0.4 is 0 Å². The van der Waals surface area contributed by atoms with Crippen molar-refractivity contribution in [1.82, 2.24) is 0 Å². The molecule has 0 aliphatic carbocycles. The SMILES string of the molecule is CC.Cc1cccc(COI)c1. The fourth-order valence-corrected chi connectivity index (χ4v) is 1.22. The second-order valence-electron chi connectivity index (χ2n) is 2.24. The lowest BCUT2D eigenvalue weighted by Crippen LogP contribution is -1.83. The van der Waals surface area contributed by atoms with E-state index in [1.165, 1.54) is 11.1 Å². The largest absolute Gasteiger partial charge is 0.311 e. The maximum absolute atomic E-state index is 4.95. The van der Waals surface area contributed by atoms with Crippen molar-refractivity contribution in [3.63, 3.8) is 0 Å². The van der Waals surface area contributed by atoms with Crippen molar-refractivity contribution in [3.05, 3.63) is 35.4 Å². The number of hydrogen-bond donors (Lipinski definition) is 0. The second-order valence-corrected chi connectivity index (χ2v) is 2.87. The lowest BCUT2D eigenvalue weighted by molar-refractivity contribution is 0.418. The molecule has 2 heteroatoms. The first-order valence-corrected chi connectivity index (χ1v) is 5.00. The van der Waals surface area contributed by atoms with Crippen LogP contribution in [0.15, 0.2) is 24.3 Å². The Morgan fingerprint density at radius 1 is 1.33 bits per heavy atom. The number of rotatable bonds is 2. The molecule has 0 amide bonds. The topological polar surface area (TPSA) is 9.23 Å². The van der Waals surface area contributed by atoms with E-state index in [-0.39, 0.29) is 0 Å². The Kier molecular flexibility index (Phi) is 7.50. The molecule has 1 nitrogen and oxygen atoms in total. The molecule has 0 heterocycles. The molecule has 1 aromatic rings. The van der Waals surface area contributed by atoms with Gasteiger partial charge in [-0.25, -0.2) is 0 Å². The first-order chi connectivity index (χ1) is 5.83. The average Bonchev–Trinajstić information content (AvgIpc) is 2.09. The van der Waals surface area contributed by atoms with Crippen LogP contribution in [-0.2, 0) is 9.67 Å². The molecular formula is C10H15IO. The predicted molar refractivity (Wildman–Crippen MR) is 61.3 cm³/mol. The minimum atomic E-state index is 0.697. The highest BCUT2D eigenvalue weighted by Crippen LogP contribution is 2.06. The van der Waals surface area contributed by atoms with Gasteiger partial charge in [-0.3, -0.25) is 0 Å². The summed E-state index contributed by atoms with van der Waals surface area (Å²) >= 11 is 1.90. The molecule has 0 radical (unpaired) electrons.